The number of nitrogens with zero attached hydrogens (tertiary/aromatic N) is 3. The molecule has 1 aromatic carbocycles. The summed E-state index contributed by atoms with van der Waals surface area (Å²) in [5.74, 6) is 1.19. The van der Waals surface area contributed by atoms with Gasteiger partial charge in [-0.15, -0.1) is 11.3 Å². The Bertz CT molecular complexity index is 873. The van der Waals surface area contributed by atoms with Crippen molar-refractivity contribution in [2.45, 2.75) is 39.0 Å². The van der Waals surface area contributed by atoms with E-state index >= 15 is 0 Å². The zero-order chi connectivity index (χ0) is 17.4. The third-order valence-corrected chi connectivity index (χ3v) is 6.11. The summed E-state index contributed by atoms with van der Waals surface area (Å²) in [5, 5.41) is 5.16. The molecule has 1 saturated heterocycles. The fraction of sp³-hybridized carbons (Fsp3) is 0.421. The molecule has 5 nitrogen and oxygen atoms in total. The van der Waals surface area contributed by atoms with Crippen LogP contribution in [-0.4, -0.2) is 34.0 Å². The van der Waals surface area contributed by atoms with E-state index in [4.69, 9.17) is 9.51 Å². The minimum atomic E-state index is 0.0540. The lowest BCUT2D eigenvalue weighted by Gasteiger charge is -2.31. The van der Waals surface area contributed by atoms with Gasteiger partial charge in [0.15, 0.2) is 0 Å². The Morgan fingerprint density at radius 2 is 2.08 bits per heavy atom. The van der Waals surface area contributed by atoms with Crippen molar-refractivity contribution < 1.29 is 9.32 Å². The van der Waals surface area contributed by atoms with Crippen LogP contribution in [0.15, 0.2) is 28.8 Å². The topological polar surface area (TPSA) is 59.2 Å². The number of aryl methyl sites for hydroxylation is 2. The van der Waals surface area contributed by atoms with Gasteiger partial charge in [0.05, 0.1) is 20.9 Å². The van der Waals surface area contributed by atoms with E-state index in [9.17, 15) is 4.79 Å². The van der Waals surface area contributed by atoms with Crippen molar-refractivity contribution in [1.82, 2.24) is 15.0 Å². The SMILES string of the molecule is CCc1onc(C)c1C(=O)N1CCC(c2nc3ccccc3s2)CC1. The van der Waals surface area contributed by atoms with E-state index in [0.29, 0.717) is 29.4 Å². The maximum Gasteiger partial charge on any atom is 0.259 e. The summed E-state index contributed by atoms with van der Waals surface area (Å²) < 4.78 is 6.51. The quantitative estimate of drug-likeness (QED) is 0.707. The second-order valence-corrected chi connectivity index (χ2v) is 7.57. The van der Waals surface area contributed by atoms with Gasteiger partial charge >= 0.3 is 0 Å². The predicted octanol–water partition coefficient (Wildman–Crippen LogP) is 4.17. The monoisotopic (exact) mass is 355 g/mol. The van der Waals surface area contributed by atoms with Crippen LogP contribution >= 0.6 is 11.3 Å². The Labute approximate surface area is 150 Å². The molecule has 1 amide bonds. The van der Waals surface area contributed by atoms with Gasteiger partial charge in [0.1, 0.15) is 11.3 Å². The highest BCUT2D eigenvalue weighted by Crippen LogP contribution is 2.34. The minimum absolute atomic E-state index is 0.0540. The Hall–Kier alpha value is -2.21. The number of carbonyl (C=O) groups excluding carboxylic acids is 1. The molecule has 1 aliphatic heterocycles. The minimum Gasteiger partial charge on any atom is -0.360 e. The average molecular weight is 355 g/mol. The number of amides is 1. The molecule has 0 saturated carbocycles. The second-order valence-electron chi connectivity index (χ2n) is 6.51. The zero-order valence-electron chi connectivity index (χ0n) is 14.5. The molecule has 3 heterocycles. The Morgan fingerprint density at radius 3 is 2.80 bits per heavy atom. The van der Waals surface area contributed by atoms with Crippen molar-refractivity contribution in [3.8, 4) is 0 Å². The van der Waals surface area contributed by atoms with E-state index < -0.39 is 0 Å². The molecule has 130 valence electrons. The van der Waals surface area contributed by atoms with E-state index in [1.54, 1.807) is 11.3 Å². The second kappa shape index (κ2) is 6.59. The largest absolute Gasteiger partial charge is 0.360 e. The fourth-order valence-corrected chi connectivity index (χ4v) is 4.62. The number of para-hydroxylation sites is 1. The standard InChI is InChI=1S/C19H21N3O2S/c1-3-15-17(12(2)21-24-15)19(23)22-10-8-13(9-11-22)18-20-14-6-4-5-7-16(14)25-18/h4-7,13H,3,8-11H2,1-2H3. The first-order chi connectivity index (χ1) is 12.2. The number of likely N-dealkylation sites (tertiary alicyclic amines) is 1. The Balaban J connectivity index is 1.47. The average Bonchev–Trinajstić information content (AvgIpc) is 3.24. The molecule has 25 heavy (non-hydrogen) atoms. The van der Waals surface area contributed by atoms with Crippen molar-refractivity contribution in [2.75, 3.05) is 13.1 Å². The molecule has 3 aromatic rings. The first-order valence-corrected chi connectivity index (χ1v) is 9.59. The predicted molar refractivity (Wildman–Crippen MR) is 98.1 cm³/mol. The van der Waals surface area contributed by atoms with Crippen LogP contribution in [0.25, 0.3) is 10.2 Å². The van der Waals surface area contributed by atoms with Crippen LogP contribution in [-0.2, 0) is 6.42 Å². The number of piperidine rings is 1. The molecule has 4 rings (SSSR count). The Kier molecular flexibility index (Phi) is 4.29. The van der Waals surface area contributed by atoms with E-state index in [1.165, 1.54) is 9.71 Å². The van der Waals surface area contributed by atoms with Gasteiger partial charge in [-0.25, -0.2) is 4.98 Å². The third-order valence-electron chi connectivity index (χ3n) is 4.91. The van der Waals surface area contributed by atoms with Crippen molar-refractivity contribution in [1.29, 1.82) is 0 Å². The highest BCUT2D eigenvalue weighted by molar-refractivity contribution is 7.18. The molecule has 0 atom stereocenters. The zero-order valence-corrected chi connectivity index (χ0v) is 15.3. The van der Waals surface area contributed by atoms with Gasteiger partial charge in [0.25, 0.3) is 5.91 Å². The van der Waals surface area contributed by atoms with Crippen molar-refractivity contribution >= 4 is 27.5 Å². The number of fused-ring (bicyclic) bond motifs is 1. The van der Waals surface area contributed by atoms with Gasteiger partial charge in [0.2, 0.25) is 0 Å². The van der Waals surface area contributed by atoms with Gasteiger partial charge in [0, 0.05) is 25.4 Å². The van der Waals surface area contributed by atoms with Gasteiger partial charge in [-0.2, -0.15) is 0 Å². The number of aromatic nitrogens is 2. The van der Waals surface area contributed by atoms with Gasteiger partial charge < -0.3 is 9.42 Å². The molecule has 0 aliphatic carbocycles. The summed E-state index contributed by atoms with van der Waals surface area (Å²) in [6.45, 7) is 5.33. The highest BCUT2D eigenvalue weighted by Gasteiger charge is 2.29. The number of benzene rings is 1. The summed E-state index contributed by atoms with van der Waals surface area (Å²) >= 11 is 1.78. The lowest BCUT2D eigenvalue weighted by atomic mass is 9.96. The van der Waals surface area contributed by atoms with Crippen molar-refractivity contribution in [2.24, 2.45) is 0 Å². The van der Waals surface area contributed by atoms with Crippen LogP contribution in [0.1, 0.15) is 52.5 Å². The summed E-state index contributed by atoms with van der Waals surface area (Å²) in [6.07, 6.45) is 2.60. The number of hydrogen-bond acceptors (Lipinski definition) is 5. The lowest BCUT2D eigenvalue weighted by Crippen LogP contribution is -2.38. The molecular formula is C19H21N3O2S. The maximum atomic E-state index is 12.9. The Morgan fingerprint density at radius 1 is 1.32 bits per heavy atom. The van der Waals surface area contributed by atoms with Crippen LogP contribution < -0.4 is 0 Å². The summed E-state index contributed by atoms with van der Waals surface area (Å²) in [4.78, 5) is 19.6. The van der Waals surface area contributed by atoms with E-state index in [-0.39, 0.29) is 5.91 Å². The molecule has 1 aliphatic rings. The van der Waals surface area contributed by atoms with Crippen LogP contribution in [0.4, 0.5) is 0 Å². The normalized spacial score (nSPS) is 15.8. The van der Waals surface area contributed by atoms with E-state index in [2.05, 4.69) is 23.4 Å². The summed E-state index contributed by atoms with van der Waals surface area (Å²) in [6, 6.07) is 8.27. The van der Waals surface area contributed by atoms with Crippen LogP contribution in [0.3, 0.4) is 0 Å². The third kappa shape index (κ3) is 2.95. The summed E-state index contributed by atoms with van der Waals surface area (Å²) in [7, 11) is 0. The van der Waals surface area contributed by atoms with Crippen LogP contribution in [0.2, 0.25) is 0 Å². The number of rotatable bonds is 3. The number of hydrogen-bond donors (Lipinski definition) is 0. The van der Waals surface area contributed by atoms with Crippen LogP contribution in [0.5, 0.6) is 0 Å². The molecule has 0 unspecified atom stereocenters. The molecule has 1 fully saturated rings. The number of thiazole rings is 1. The molecule has 6 heteroatoms. The van der Waals surface area contributed by atoms with E-state index in [1.807, 2.05) is 24.8 Å². The molecule has 0 N–H and O–H groups in total. The molecule has 2 aromatic heterocycles. The van der Waals surface area contributed by atoms with Crippen LogP contribution in [0, 0.1) is 6.92 Å². The van der Waals surface area contributed by atoms with Crippen molar-refractivity contribution in [3.63, 3.8) is 0 Å². The lowest BCUT2D eigenvalue weighted by molar-refractivity contribution is 0.0710. The molecule has 0 radical (unpaired) electrons. The molecular weight excluding hydrogens is 334 g/mol. The first kappa shape index (κ1) is 16.3. The summed E-state index contributed by atoms with van der Waals surface area (Å²) in [5.41, 5.74) is 2.42. The van der Waals surface area contributed by atoms with Crippen molar-refractivity contribution in [3.05, 3.63) is 46.3 Å². The first-order valence-electron chi connectivity index (χ1n) is 8.77. The van der Waals surface area contributed by atoms with Gasteiger partial charge in [-0.3, -0.25) is 4.79 Å². The molecule has 0 bridgehead atoms. The fourth-order valence-electron chi connectivity index (χ4n) is 3.48. The smallest absolute Gasteiger partial charge is 0.259 e. The van der Waals surface area contributed by atoms with E-state index in [0.717, 1.165) is 31.4 Å². The van der Waals surface area contributed by atoms with Gasteiger partial charge in [-0.05, 0) is 31.9 Å². The number of carbonyl (C=O) groups is 1. The van der Waals surface area contributed by atoms with Gasteiger partial charge in [-0.1, -0.05) is 24.2 Å². The maximum absolute atomic E-state index is 12.9. The highest BCUT2D eigenvalue weighted by atomic mass is 32.1. The molecule has 0 spiro atoms.